The first-order valence-corrected chi connectivity index (χ1v) is 6.56. The van der Waals surface area contributed by atoms with E-state index in [0.29, 0.717) is 12.3 Å². The van der Waals surface area contributed by atoms with Gasteiger partial charge in [0, 0.05) is 6.21 Å². The average molecular weight is 242 g/mol. The number of aliphatic carboxylic acids is 1. The van der Waals surface area contributed by atoms with E-state index in [-0.39, 0.29) is 0 Å². The maximum absolute atomic E-state index is 11.0. The third-order valence-electron chi connectivity index (χ3n) is 2.85. The lowest BCUT2D eigenvalue weighted by atomic mass is 10.0. The normalized spacial score (nSPS) is 15.0. The maximum atomic E-state index is 11.0. The number of nitrogens with one attached hydrogen (secondary N) is 1. The molecule has 0 fully saturated rings. The molecule has 0 radical (unpaired) electrons. The molecule has 2 N–H and O–H groups in total. The van der Waals surface area contributed by atoms with Crippen LogP contribution in [0.5, 0.6) is 0 Å². The van der Waals surface area contributed by atoms with E-state index in [2.05, 4.69) is 24.2 Å². The van der Waals surface area contributed by atoms with Gasteiger partial charge in [-0.1, -0.05) is 20.3 Å². The summed E-state index contributed by atoms with van der Waals surface area (Å²) in [6.45, 7) is 5.09. The van der Waals surface area contributed by atoms with Crippen molar-refractivity contribution >= 4 is 12.2 Å². The van der Waals surface area contributed by atoms with E-state index in [0.717, 1.165) is 32.2 Å². The lowest BCUT2D eigenvalue weighted by Gasteiger charge is -2.10. The minimum Gasteiger partial charge on any atom is -0.480 e. The fourth-order valence-corrected chi connectivity index (χ4v) is 1.71. The molecular formula is C13H26N2O2. The fraction of sp³-hybridized carbons (Fsp3) is 0.846. The third-order valence-corrected chi connectivity index (χ3v) is 2.85. The van der Waals surface area contributed by atoms with E-state index in [9.17, 15) is 4.79 Å². The summed E-state index contributed by atoms with van der Waals surface area (Å²) in [7, 11) is 1.87. The molecule has 0 bridgehead atoms. The van der Waals surface area contributed by atoms with Crippen LogP contribution >= 0.6 is 0 Å². The van der Waals surface area contributed by atoms with Crippen LogP contribution in [0.1, 0.15) is 46.0 Å². The molecule has 0 spiro atoms. The van der Waals surface area contributed by atoms with Crippen molar-refractivity contribution in [1.29, 1.82) is 0 Å². The highest BCUT2D eigenvalue weighted by atomic mass is 16.4. The minimum atomic E-state index is -0.816. The van der Waals surface area contributed by atoms with E-state index in [1.165, 1.54) is 0 Å². The van der Waals surface area contributed by atoms with Crippen LogP contribution in [0, 0.1) is 5.92 Å². The van der Waals surface area contributed by atoms with E-state index in [1.807, 2.05) is 13.3 Å². The van der Waals surface area contributed by atoms with Crippen LogP contribution in [0.2, 0.25) is 0 Å². The van der Waals surface area contributed by atoms with Gasteiger partial charge in [0.05, 0.1) is 0 Å². The molecular weight excluding hydrogens is 216 g/mol. The molecule has 4 heteroatoms. The highest BCUT2D eigenvalue weighted by Crippen LogP contribution is 2.09. The second kappa shape index (κ2) is 10.3. The van der Waals surface area contributed by atoms with Crippen LogP contribution in [0.25, 0.3) is 0 Å². The van der Waals surface area contributed by atoms with Gasteiger partial charge in [-0.3, -0.25) is 4.99 Å². The summed E-state index contributed by atoms with van der Waals surface area (Å²) in [4.78, 5) is 15.3. The first-order valence-electron chi connectivity index (χ1n) is 6.56. The Morgan fingerprint density at radius 3 is 2.59 bits per heavy atom. The Balaban J connectivity index is 4.21. The molecule has 0 aliphatic rings. The maximum Gasteiger partial charge on any atom is 0.328 e. The molecule has 0 aliphatic heterocycles. The van der Waals surface area contributed by atoms with Crippen molar-refractivity contribution < 1.29 is 9.90 Å². The van der Waals surface area contributed by atoms with Crippen molar-refractivity contribution in [2.24, 2.45) is 10.9 Å². The van der Waals surface area contributed by atoms with Gasteiger partial charge in [0.2, 0.25) is 0 Å². The minimum absolute atomic E-state index is 0.422. The highest BCUT2D eigenvalue weighted by molar-refractivity contribution is 5.76. The molecule has 100 valence electrons. The summed E-state index contributed by atoms with van der Waals surface area (Å²) in [6, 6.07) is -0.575. The van der Waals surface area contributed by atoms with Gasteiger partial charge in [-0.25, -0.2) is 4.79 Å². The van der Waals surface area contributed by atoms with Crippen LogP contribution in [0.4, 0.5) is 0 Å². The van der Waals surface area contributed by atoms with Gasteiger partial charge in [-0.2, -0.15) is 0 Å². The number of nitrogens with zero attached hydrogens (tertiary/aromatic N) is 1. The van der Waals surface area contributed by atoms with Crippen molar-refractivity contribution in [2.45, 2.75) is 52.0 Å². The summed E-state index contributed by atoms with van der Waals surface area (Å²) in [5, 5.41) is 12.1. The number of aliphatic imine (C=N–C) groups is 1. The molecule has 0 aromatic carbocycles. The van der Waals surface area contributed by atoms with Gasteiger partial charge >= 0.3 is 5.97 Å². The van der Waals surface area contributed by atoms with Crippen LogP contribution in [0.15, 0.2) is 4.99 Å². The van der Waals surface area contributed by atoms with Gasteiger partial charge in [0.25, 0.3) is 0 Å². The summed E-state index contributed by atoms with van der Waals surface area (Å²) < 4.78 is 0. The van der Waals surface area contributed by atoms with Gasteiger partial charge in [-0.15, -0.1) is 0 Å². The number of carboxylic acid groups (broad SMARTS) is 1. The fourth-order valence-electron chi connectivity index (χ4n) is 1.71. The van der Waals surface area contributed by atoms with E-state index >= 15 is 0 Å². The van der Waals surface area contributed by atoms with Gasteiger partial charge < -0.3 is 10.4 Å². The van der Waals surface area contributed by atoms with Gasteiger partial charge in [0.1, 0.15) is 6.04 Å². The van der Waals surface area contributed by atoms with Crippen molar-refractivity contribution in [1.82, 2.24) is 5.32 Å². The quantitative estimate of drug-likeness (QED) is 0.456. The Bertz CT molecular complexity index is 229. The molecule has 2 atom stereocenters. The van der Waals surface area contributed by atoms with Crippen LogP contribution in [-0.2, 0) is 4.79 Å². The Morgan fingerprint density at radius 2 is 2.12 bits per heavy atom. The standard InChI is InChI=1S/C13H26N2O2/c1-4-7-11(5-2)10-15-12(13(16)17)8-6-9-14-3/h10-12,14H,4-9H2,1-3H3,(H,16,17). The van der Waals surface area contributed by atoms with Crippen molar-refractivity contribution in [3.63, 3.8) is 0 Å². The zero-order valence-corrected chi connectivity index (χ0v) is 11.3. The number of rotatable bonds is 10. The number of carboxylic acids is 1. The first kappa shape index (κ1) is 16.1. The predicted octanol–water partition coefficient (Wildman–Crippen LogP) is 2.34. The first-order chi connectivity index (χ1) is 8.15. The lowest BCUT2D eigenvalue weighted by molar-refractivity contribution is -0.138. The van der Waals surface area contributed by atoms with Crippen LogP contribution in [0.3, 0.4) is 0 Å². The predicted molar refractivity (Wildman–Crippen MR) is 71.8 cm³/mol. The summed E-state index contributed by atoms with van der Waals surface area (Å²) in [5.74, 6) is -0.394. The number of carbonyl (C=O) groups is 1. The summed E-state index contributed by atoms with van der Waals surface area (Å²) in [5.41, 5.74) is 0. The molecule has 2 unspecified atom stereocenters. The molecule has 4 nitrogen and oxygen atoms in total. The zero-order valence-electron chi connectivity index (χ0n) is 11.3. The number of hydrogen-bond donors (Lipinski definition) is 2. The third kappa shape index (κ3) is 7.91. The largest absolute Gasteiger partial charge is 0.480 e. The SMILES string of the molecule is CCCC(C=NC(CCCNC)C(=O)O)CC. The smallest absolute Gasteiger partial charge is 0.328 e. The Morgan fingerprint density at radius 1 is 1.41 bits per heavy atom. The molecule has 0 saturated carbocycles. The summed E-state index contributed by atoms with van der Waals surface area (Å²) >= 11 is 0. The molecule has 0 saturated heterocycles. The number of hydrogen-bond acceptors (Lipinski definition) is 3. The molecule has 0 heterocycles. The zero-order chi connectivity index (χ0) is 13.1. The van der Waals surface area contributed by atoms with Crippen LogP contribution < -0.4 is 5.32 Å². The molecule has 0 aromatic rings. The molecule has 0 amide bonds. The highest BCUT2D eigenvalue weighted by Gasteiger charge is 2.15. The van der Waals surface area contributed by atoms with Gasteiger partial charge in [0.15, 0.2) is 0 Å². The molecule has 0 aromatic heterocycles. The molecule has 0 aliphatic carbocycles. The van der Waals surface area contributed by atoms with Gasteiger partial charge in [-0.05, 0) is 45.2 Å². The monoisotopic (exact) mass is 242 g/mol. The Kier molecular flexibility index (Phi) is 9.72. The topological polar surface area (TPSA) is 61.7 Å². The van der Waals surface area contributed by atoms with E-state index in [1.54, 1.807) is 0 Å². The van der Waals surface area contributed by atoms with Crippen molar-refractivity contribution in [3.8, 4) is 0 Å². The molecule has 0 rings (SSSR count). The van der Waals surface area contributed by atoms with Crippen molar-refractivity contribution in [2.75, 3.05) is 13.6 Å². The van der Waals surface area contributed by atoms with E-state index < -0.39 is 12.0 Å². The van der Waals surface area contributed by atoms with Crippen LogP contribution in [-0.4, -0.2) is 36.9 Å². The lowest BCUT2D eigenvalue weighted by Crippen LogP contribution is -2.21. The van der Waals surface area contributed by atoms with Crippen molar-refractivity contribution in [3.05, 3.63) is 0 Å². The second-order valence-electron chi connectivity index (χ2n) is 4.35. The summed E-state index contributed by atoms with van der Waals surface area (Å²) in [6.07, 6.45) is 6.53. The Hall–Kier alpha value is -0.900. The van der Waals surface area contributed by atoms with E-state index in [4.69, 9.17) is 5.11 Å². The second-order valence-corrected chi connectivity index (χ2v) is 4.35. The Labute approximate surface area is 105 Å². The molecule has 17 heavy (non-hydrogen) atoms. The average Bonchev–Trinajstić information content (AvgIpc) is 2.31.